The molecule has 0 saturated heterocycles. The summed E-state index contributed by atoms with van der Waals surface area (Å²) in [4.78, 5) is 0. The van der Waals surface area contributed by atoms with Crippen molar-refractivity contribution in [2.24, 2.45) is 0 Å². The third kappa shape index (κ3) is 11.7. The molecule has 0 unspecified atom stereocenters. The van der Waals surface area contributed by atoms with Crippen LogP contribution in [-0.2, 0) is 4.74 Å². The van der Waals surface area contributed by atoms with Gasteiger partial charge in [0.05, 0.1) is 0 Å². The van der Waals surface area contributed by atoms with Crippen LogP contribution in [0.1, 0.15) is 52.4 Å². The summed E-state index contributed by atoms with van der Waals surface area (Å²) in [6.07, 6.45) is 7.68. The molecule has 2 aromatic rings. The van der Waals surface area contributed by atoms with E-state index in [-0.39, 0.29) is 0 Å². The first-order valence-corrected chi connectivity index (χ1v) is 12.2. The Morgan fingerprint density at radius 2 is 1.04 bits per heavy atom. The molecule has 0 atom stereocenters. The van der Waals surface area contributed by atoms with Crippen molar-refractivity contribution < 1.29 is 4.74 Å². The fraction of sp³-hybridized carbons (Fsp3) is 0.455. The van der Waals surface area contributed by atoms with Gasteiger partial charge in [0.25, 0.3) is 0 Å². The molecule has 0 N–H and O–H groups in total. The van der Waals surface area contributed by atoms with E-state index in [4.69, 9.17) is 4.74 Å². The fourth-order valence-electron chi connectivity index (χ4n) is 2.22. The van der Waals surface area contributed by atoms with Crippen LogP contribution in [0.15, 0.2) is 60.7 Å². The van der Waals surface area contributed by atoms with E-state index >= 15 is 0 Å². The van der Waals surface area contributed by atoms with Crippen molar-refractivity contribution in [2.45, 2.75) is 52.4 Å². The van der Waals surface area contributed by atoms with E-state index in [2.05, 4.69) is 74.5 Å². The van der Waals surface area contributed by atoms with Gasteiger partial charge in [0.2, 0.25) is 0 Å². The summed E-state index contributed by atoms with van der Waals surface area (Å²) < 4.78 is 8.52. The van der Waals surface area contributed by atoms with Gasteiger partial charge in [-0.05, 0) is 12.8 Å². The fourth-order valence-corrected chi connectivity index (χ4v) is 5.22. The van der Waals surface area contributed by atoms with Crippen LogP contribution in [0.2, 0.25) is 0 Å². The second-order valence-corrected chi connectivity index (χ2v) is 9.89. The summed E-state index contributed by atoms with van der Waals surface area (Å²) in [6.45, 7) is 6.38. The first-order chi connectivity index (χ1) is 11.9. The third-order valence-electron chi connectivity index (χ3n) is 3.62. The van der Waals surface area contributed by atoms with Gasteiger partial charge in [-0.25, -0.2) is 0 Å². The van der Waals surface area contributed by atoms with Crippen LogP contribution in [0.3, 0.4) is 0 Å². The molecule has 0 spiro atoms. The van der Waals surface area contributed by atoms with Crippen molar-refractivity contribution in [1.29, 1.82) is 0 Å². The molecule has 0 amide bonds. The van der Waals surface area contributed by atoms with E-state index in [1.54, 1.807) is 0 Å². The molecule has 0 aliphatic rings. The summed E-state index contributed by atoms with van der Waals surface area (Å²) in [6, 6.07) is 21.6. The third-order valence-corrected chi connectivity index (χ3v) is 7.17. The Balaban J connectivity index is 0.000000245. The van der Waals surface area contributed by atoms with E-state index in [1.807, 2.05) is 0 Å². The molecule has 130 valence electrons. The van der Waals surface area contributed by atoms with Gasteiger partial charge in [-0.2, -0.15) is 0 Å². The number of rotatable bonds is 10. The normalized spacial score (nSPS) is 10.1. The second-order valence-electron chi connectivity index (χ2n) is 5.88. The molecule has 0 fully saturated rings. The number of hydrogen-bond acceptors (Lipinski definition) is 1. The Hall–Kier alpha value is -0.801. The molecule has 0 saturated carbocycles. The van der Waals surface area contributed by atoms with Crippen LogP contribution in [0, 0.1) is 0 Å². The van der Waals surface area contributed by atoms with Crippen molar-refractivity contribution >= 4 is 28.3 Å². The Morgan fingerprint density at radius 3 is 1.42 bits per heavy atom. The standard InChI is InChI=1S/C10H22O.2C6H5.Sn/c1-3-5-7-9-11-10-8-6-4-2;2*1-2-4-6-5-3-1;/h3-10H2,1-2H3;2*1-5H;. The molecule has 0 heterocycles. The van der Waals surface area contributed by atoms with Gasteiger partial charge in [0.15, 0.2) is 0 Å². The zero-order chi connectivity index (χ0) is 17.3. The SMILES string of the molecule is CCCCCOCCCCC.c1cc[c]([Sn][c]2ccccc2)cc1. The molecule has 0 aromatic heterocycles. The van der Waals surface area contributed by atoms with Gasteiger partial charge in [0, 0.05) is 13.2 Å². The second kappa shape index (κ2) is 15.7. The zero-order valence-electron chi connectivity index (χ0n) is 15.3. The van der Waals surface area contributed by atoms with Gasteiger partial charge in [-0.15, -0.1) is 0 Å². The van der Waals surface area contributed by atoms with E-state index in [0.29, 0.717) is 0 Å². The molecular formula is C22H32OSn. The monoisotopic (exact) mass is 432 g/mol. The summed E-state index contributed by atoms with van der Waals surface area (Å²) in [5, 5.41) is 0. The van der Waals surface area contributed by atoms with Gasteiger partial charge in [0.1, 0.15) is 0 Å². The van der Waals surface area contributed by atoms with Crippen LogP contribution in [0.5, 0.6) is 0 Å². The molecule has 2 heteroatoms. The number of unbranched alkanes of at least 4 members (excludes halogenated alkanes) is 4. The minimum absolute atomic E-state index is 0.517. The summed E-state index contributed by atoms with van der Waals surface area (Å²) in [5.74, 6) is 0. The van der Waals surface area contributed by atoms with E-state index in [1.165, 1.54) is 45.7 Å². The zero-order valence-corrected chi connectivity index (χ0v) is 18.2. The number of hydrogen-bond donors (Lipinski definition) is 0. The minimum atomic E-state index is -0.517. The molecule has 0 aliphatic carbocycles. The van der Waals surface area contributed by atoms with Gasteiger partial charge in [-0.1, -0.05) is 39.5 Å². The van der Waals surface area contributed by atoms with Crippen LogP contribution >= 0.6 is 0 Å². The first-order valence-electron chi connectivity index (χ1n) is 9.31. The van der Waals surface area contributed by atoms with E-state index in [9.17, 15) is 0 Å². The quantitative estimate of drug-likeness (QED) is 0.391. The maximum absolute atomic E-state index is 5.44. The first kappa shape index (κ1) is 21.2. The van der Waals surface area contributed by atoms with Crippen LogP contribution in [-0.4, -0.2) is 34.4 Å². The van der Waals surface area contributed by atoms with Crippen molar-refractivity contribution in [2.75, 3.05) is 13.2 Å². The number of ether oxygens (including phenoxy) is 1. The Morgan fingerprint density at radius 1 is 0.625 bits per heavy atom. The van der Waals surface area contributed by atoms with Crippen LogP contribution < -0.4 is 7.16 Å². The van der Waals surface area contributed by atoms with Gasteiger partial charge in [-0.3, -0.25) is 0 Å². The average molecular weight is 431 g/mol. The Kier molecular flexibility index (Phi) is 13.9. The van der Waals surface area contributed by atoms with Gasteiger partial charge < -0.3 is 4.74 Å². The number of benzene rings is 2. The molecule has 2 radical (unpaired) electrons. The molecule has 2 rings (SSSR count). The van der Waals surface area contributed by atoms with Crippen molar-refractivity contribution in [3.8, 4) is 0 Å². The Labute approximate surface area is 159 Å². The van der Waals surface area contributed by atoms with E-state index in [0.717, 1.165) is 13.2 Å². The van der Waals surface area contributed by atoms with Crippen molar-refractivity contribution in [3.05, 3.63) is 60.7 Å². The molecule has 0 bridgehead atoms. The van der Waals surface area contributed by atoms with Gasteiger partial charge >= 0.3 is 89.0 Å². The molecule has 2 aromatic carbocycles. The summed E-state index contributed by atoms with van der Waals surface area (Å²) in [5.41, 5.74) is 0. The molecule has 1 nitrogen and oxygen atoms in total. The topological polar surface area (TPSA) is 9.23 Å². The molecule has 0 aliphatic heterocycles. The van der Waals surface area contributed by atoms with Crippen LogP contribution in [0.25, 0.3) is 0 Å². The van der Waals surface area contributed by atoms with Crippen LogP contribution in [0.4, 0.5) is 0 Å². The Bertz CT molecular complexity index is 438. The summed E-state index contributed by atoms with van der Waals surface area (Å²) in [7, 11) is 0. The molecule has 24 heavy (non-hydrogen) atoms. The average Bonchev–Trinajstić information content (AvgIpc) is 2.63. The van der Waals surface area contributed by atoms with E-state index < -0.39 is 21.1 Å². The van der Waals surface area contributed by atoms with Crippen molar-refractivity contribution in [1.82, 2.24) is 0 Å². The maximum atomic E-state index is 5.44. The summed E-state index contributed by atoms with van der Waals surface area (Å²) >= 11 is -0.517. The van der Waals surface area contributed by atoms with Crippen molar-refractivity contribution in [3.63, 3.8) is 0 Å². The predicted molar refractivity (Wildman–Crippen MR) is 108 cm³/mol. The predicted octanol–water partition coefficient (Wildman–Crippen LogP) is 4.73. The molecular weight excluding hydrogens is 399 g/mol.